The summed E-state index contributed by atoms with van der Waals surface area (Å²) in [6.07, 6.45) is 0.776. The summed E-state index contributed by atoms with van der Waals surface area (Å²) in [5.74, 6) is 0.975. The summed E-state index contributed by atoms with van der Waals surface area (Å²) >= 11 is 6.11. The minimum absolute atomic E-state index is 0.0932. The standard InChI is InChI=1S/C19H25ClN4O3/c1-12(2)7-8-24(11-18(25)22-17-9-14(4)27-23-17)19(26)21-15-6-5-13(3)16(20)10-15/h5-6,9-10,12H,7-8,11H2,1-4H3,(H,21,26)(H,22,23,25). The summed E-state index contributed by atoms with van der Waals surface area (Å²) in [6.45, 7) is 8.11. The van der Waals surface area contributed by atoms with Crippen LogP contribution in [0.2, 0.25) is 5.02 Å². The van der Waals surface area contributed by atoms with Crippen LogP contribution in [-0.2, 0) is 4.79 Å². The smallest absolute Gasteiger partial charge is 0.322 e. The highest BCUT2D eigenvalue weighted by Crippen LogP contribution is 2.20. The van der Waals surface area contributed by atoms with Crippen molar-refractivity contribution < 1.29 is 14.1 Å². The molecule has 0 saturated carbocycles. The lowest BCUT2D eigenvalue weighted by atomic mass is 10.1. The topological polar surface area (TPSA) is 87.5 Å². The summed E-state index contributed by atoms with van der Waals surface area (Å²) < 4.78 is 4.93. The van der Waals surface area contributed by atoms with Gasteiger partial charge in [0.25, 0.3) is 0 Å². The fourth-order valence-corrected chi connectivity index (χ4v) is 2.50. The Kier molecular flexibility index (Phi) is 7.24. The van der Waals surface area contributed by atoms with Crippen LogP contribution in [0.4, 0.5) is 16.3 Å². The molecular weight excluding hydrogens is 368 g/mol. The van der Waals surface area contributed by atoms with Gasteiger partial charge in [0.1, 0.15) is 12.3 Å². The van der Waals surface area contributed by atoms with E-state index in [-0.39, 0.29) is 18.5 Å². The number of carbonyl (C=O) groups excluding carboxylic acids is 2. The number of nitrogens with zero attached hydrogens (tertiary/aromatic N) is 2. The Hall–Kier alpha value is -2.54. The molecule has 146 valence electrons. The molecule has 27 heavy (non-hydrogen) atoms. The first-order chi connectivity index (χ1) is 12.7. The van der Waals surface area contributed by atoms with Crippen LogP contribution in [0, 0.1) is 19.8 Å². The van der Waals surface area contributed by atoms with Crippen molar-refractivity contribution in [3.8, 4) is 0 Å². The molecule has 0 spiro atoms. The van der Waals surface area contributed by atoms with E-state index in [2.05, 4.69) is 29.6 Å². The fraction of sp³-hybridized carbons (Fsp3) is 0.421. The second-order valence-corrected chi connectivity index (χ2v) is 7.28. The van der Waals surface area contributed by atoms with Gasteiger partial charge in [0.2, 0.25) is 5.91 Å². The van der Waals surface area contributed by atoms with Crippen molar-refractivity contribution in [3.63, 3.8) is 0 Å². The SMILES string of the molecule is Cc1cc(NC(=O)CN(CCC(C)C)C(=O)Nc2ccc(C)c(Cl)c2)no1. The second-order valence-electron chi connectivity index (χ2n) is 6.87. The Bertz CT molecular complexity index is 804. The van der Waals surface area contributed by atoms with Crippen molar-refractivity contribution in [2.45, 2.75) is 34.1 Å². The number of aromatic nitrogens is 1. The van der Waals surface area contributed by atoms with Crippen LogP contribution in [0.1, 0.15) is 31.6 Å². The van der Waals surface area contributed by atoms with E-state index >= 15 is 0 Å². The predicted molar refractivity (Wildman–Crippen MR) is 106 cm³/mol. The number of urea groups is 1. The van der Waals surface area contributed by atoms with E-state index in [0.717, 1.165) is 12.0 Å². The number of carbonyl (C=O) groups is 2. The van der Waals surface area contributed by atoms with Crippen LogP contribution in [0.25, 0.3) is 0 Å². The first-order valence-electron chi connectivity index (χ1n) is 8.80. The predicted octanol–water partition coefficient (Wildman–Crippen LogP) is 4.46. The number of hydrogen-bond acceptors (Lipinski definition) is 4. The van der Waals surface area contributed by atoms with E-state index in [1.807, 2.05) is 13.0 Å². The van der Waals surface area contributed by atoms with Gasteiger partial charge >= 0.3 is 6.03 Å². The van der Waals surface area contributed by atoms with Crippen LogP contribution in [-0.4, -0.2) is 35.1 Å². The highest BCUT2D eigenvalue weighted by molar-refractivity contribution is 6.31. The number of nitrogens with one attached hydrogen (secondary N) is 2. The molecule has 7 nitrogen and oxygen atoms in total. The number of hydrogen-bond donors (Lipinski definition) is 2. The number of aryl methyl sites for hydroxylation is 2. The van der Waals surface area contributed by atoms with Gasteiger partial charge < -0.3 is 20.1 Å². The fourth-order valence-electron chi connectivity index (χ4n) is 2.32. The average Bonchev–Trinajstić information content (AvgIpc) is 2.99. The van der Waals surface area contributed by atoms with E-state index < -0.39 is 0 Å². The first kappa shape index (κ1) is 20.8. The first-order valence-corrected chi connectivity index (χ1v) is 9.17. The molecule has 3 amide bonds. The molecule has 1 aromatic carbocycles. The highest BCUT2D eigenvalue weighted by atomic mass is 35.5. The molecule has 1 aromatic heterocycles. The van der Waals surface area contributed by atoms with E-state index in [0.29, 0.717) is 34.8 Å². The Morgan fingerprint density at radius 3 is 2.56 bits per heavy atom. The zero-order chi connectivity index (χ0) is 20.0. The molecule has 2 N–H and O–H groups in total. The van der Waals surface area contributed by atoms with Crippen molar-refractivity contribution in [2.75, 3.05) is 23.7 Å². The lowest BCUT2D eigenvalue weighted by molar-refractivity contribution is -0.116. The quantitative estimate of drug-likeness (QED) is 0.727. The minimum Gasteiger partial charge on any atom is -0.360 e. The van der Waals surface area contributed by atoms with Crippen LogP contribution in [0.15, 0.2) is 28.8 Å². The van der Waals surface area contributed by atoms with Crippen molar-refractivity contribution in [2.24, 2.45) is 5.92 Å². The van der Waals surface area contributed by atoms with Gasteiger partial charge in [-0.1, -0.05) is 36.7 Å². The highest BCUT2D eigenvalue weighted by Gasteiger charge is 2.19. The molecule has 1 heterocycles. The lowest BCUT2D eigenvalue weighted by Gasteiger charge is -2.23. The van der Waals surface area contributed by atoms with Gasteiger partial charge in [-0.3, -0.25) is 4.79 Å². The monoisotopic (exact) mass is 392 g/mol. The Balaban J connectivity index is 2.03. The van der Waals surface area contributed by atoms with Gasteiger partial charge in [0.05, 0.1) is 0 Å². The minimum atomic E-state index is -0.359. The molecule has 0 fully saturated rings. The van der Waals surface area contributed by atoms with Crippen LogP contribution in [0.3, 0.4) is 0 Å². The van der Waals surface area contributed by atoms with Crippen molar-refractivity contribution >= 4 is 35.0 Å². The number of amides is 3. The van der Waals surface area contributed by atoms with E-state index in [1.165, 1.54) is 4.90 Å². The van der Waals surface area contributed by atoms with Gasteiger partial charge in [-0.2, -0.15) is 0 Å². The molecule has 0 aliphatic rings. The maximum Gasteiger partial charge on any atom is 0.322 e. The third-order valence-corrected chi connectivity index (χ3v) is 4.32. The zero-order valence-electron chi connectivity index (χ0n) is 16.0. The molecule has 0 unspecified atom stereocenters. The van der Waals surface area contributed by atoms with Crippen molar-refractivity contribution in [3.05, 3.63) is 40.6 Å². The van der Waals surface area contributed by atoms with Crippen molar-refractivity contribution in [1.82, 2.24) is 10.1 Å². The molecule has 0 atom stereocenters. The van der Waals surface area contributed by atoms with Gasteiger partial charge in [0.15, 0.2) is 5.82 Å². The number of benzene rings is 1. The summed E-state index contributed by atoms with van der Waals surface area (Å²) in [5, 5.41) is 9.72. The Morgan fingerprint density at radius 2 is 1.96 bits per heavy atom. The number of halogens is 1. The molecule has 0 radical (unpaired) electrons. The normalized spacial score (nSPS) is 10.7. The average molecular weight is 393 g/mol. The summed E-state index contributed by atoms with van der Waals surface area (Å²) in [4.78, 5) is 26.4. The number of rotatable bonds is 7. The second kappa shape index (κ2) is 9.41. The van der Waals surface area contributed by atoms with Crippen LogP contribution in [0.5, 0.6) is 0 Å². The Labute approximate surface area is 164 Å². The third kappa shape index (κ3) is 6.60. The van der Waals surface area contributed by atoms with Crippen molar-refractivity contribution in [1.29, 1.82) is 0 Å². The Morgan fingerprint density at radius 1 is 1.22 bits per heavy atom. The van der Waals surface area contributed by atoms with Gasteiger partial charge in [-0.15, -0.1) is 0 Å². The van der Waals surface area contributed by atoms with Gasteiger partial charge in [-0.25, -0.2) is 4.79 Å². The molecule has 8 heteroatoms. The summed E-state index contributed by atoms with van der Waals surface area (Å²) in [6, 6.07) is 6.55. The maximum absolute atomic E-state index is 12.7. The van der Waals surface area contributed by atoms with Gasteiger partial charge in [0, 0.05) is 23.3 Å². The third-order valence-electron chi connectivity index (χ3n) is 3.92. The summed E-state index contributed by atoms with van der Waals surface area (Å²) in [7, 11) is 0. The van der Waals surface area contributed by atoms with E-state index in [1.54, 1.807) is 25.1 Å². The van der Waals surface area contributed by atoms with Crippen LogP contribution >= 0.6 is 11.6 Å². The maximum atomic E-state index is 12.7. The molecule has 2 aromatic rings. The molecular formula is C19H25ClN4O3. The number of anilines is 2. The van der Waals surface area contributed by atoms with E-state index in [4.69, 9.17) is 16.1 Å². The zero-order valence-corrected chi connectivity index (χ0v) is 16.8. The molecule has 0 bridgehead atoms. The molecule has 0 saturated heterocycles. The molecule has 0 aliphatic heterocycles. The van der Waals surface area contributed by atoms with E-state index in [9.17, 15) is 9.59 Å². The van der Waals surface area contributed by atoms with Gasteiger partial charge in [-0.05, 0) is 43.9 Å². The lowest BCUT2D eigenvalue weighted by Crippen LogP contribution is -2.41. The summed E-state index contributed by atoms with van der Waals surface area (Å²) in [5.41, 5.74) is 1.51. The molecule has 0 aliphatic carbocycles. The molecule has 2 rings (SSSR count). The van der Waals surface area contributed by atoms with Crippen LogP contribution < -0.4 is 10.6 Å². The largest absolute Gasteiger partial charge is 0.360 e.